The van der Waals surface area contributed by atoms with Crippen LogP contribution in [0.3, 0.4) is 0 Å². The Kier molecular flexibility index (Phi) is 6.36. The van der Waals surface area contributed by atoms with E-state index in [1.807, 2.05) is 57.2 Å². The molecule has 3 aromatic rings. The highest BCUT2D eigenvalue weighted by Gasteiger charge is 2.35. The van der Waals surface area contributed by atoms with Gasteiger partial charge in [0.25, 0.3) is 5.91 Å². The Balaban J connectivity index is 1.55. The van der Waals surface area contributed by atoms with Gasteiger partial charge in [-0.25, -0.2) is 9.69 Å². The number of para-hydroxylation sites is 1. The molecule has 1 saturated heterocycles. The Morgan fingerprint density at radius 3 is 2.53 bits per heavy atom. The van der Waals surface area contributed by atoms with Crippen LogP contribution in [0, 0.1) is 20.8 Å². The van der Waals surface area contributed by atoms with Crippen molar-refractivity contribution in [1.29, 1.82) is 0 Å². The van der Waals surface area contributed by atoms with E-state index in [0.29, 0.717) is 5.69 Å². The maximum absolute atomic E-state index is 12.9. The Labute approximate surface area is 199 Å². The molecule has 0 radical (unpaired) electrons. The van der Waals surface area contributed by atoms with Crippen molar-refractivity contribution in [1.82, 2.24) is 14.8 Å². The molecule has 4 amide bonds. The quantitative estimate of drug-likeness (QED) is 0.423. The number of nitrogens with zero attached hydrogens (tertiary/aromatic N) is 2. The van der Waals surface area contributed by atoms with Crippen LogP contribution in [0.25, 0.3) is 11.8 Å². The summed E-state index contributed by atoms with van der Waals surface area (Å²) >= 11 is 0. The number of nitrogens with one attached hydrogen (secondary N) is 2. The zero-order valence-corrected chi connectivity index (χ0v) is 19.8. The molecule has 0 aliphatic carbocycles. The van der Waals surface area contributed by atoms with Crippen molar-refractivity contribution >= 4 is 29.6 Å². The predicted molar refractivity (Wildman–Crippen MR) is 133 cm³/mol. The van der Waals surface area contributed by atoms with Gasteiger partial charge in [0.2, 0.25) is 5.91 Å². The molecule has 7 heteroatoms. The van der Waals surface area contributed by atoms with E-state index in [1.54, 1.807) is 12.1 Å². The second kappa shape index (κ2) is 9.39. The molecule has 174 valence electrons. The van der Waals surface area contributed by atoms with Crippen LogP contribution < -0.4 is 10.6 Å². The van der Waals surface area contributed by atoms with Crippen LogP contribution in [0.1, 0.15) is 35.0 Å². The monoisotopic (exact) mass is 456 g/mol. The highest BCUT2D eigenvalue weighted by molar-refractivity contribution is 6.16. The van der Waals surface area contributed by atoms with Crippen molar-refractivity contribution in [2.45, 2.75) is 34.1 Å². The van der Waals surface area contributed by atoms with E-state index in [-0.39, 0.29) is 12.2 Å². The lowest BCUT2D eigenvalue weighted by molar-refractivity contribution is -0.127. The lowest BCUT2D eigenvalue weighted by Gasteiger charge is -2.14. The average molecular weight is 457 g/mol. The van der Waals surface area contributed by atoms with Gasteiger partial charge in [0.15, 0.2) is 0 Å². The number of anilines is 1. The third kappa shape index (κ3) is 4.50. The number of benzene rings is 2. The van der Waals surface area contributed by atoms with Gasteiger partial charge in [0, 0.05) is 22.8 Å². The van der Waals surface area contributed by atoms with Crippen LogP contribution in [0.15, 0.2) is 60.3 Å². The molecule has 7 nitrogen and oxygen atoms in total. The summed E-state index contributed by atoms with van der Waals surface area (Å²) in [6, 6.07) is 16.9. The van der Waals surface area contributed by atoms with Crippen LogP contribution in [0.5, 0.6) is 0 Å². The minimum Gasteiger partial charge on any atom is -0.325 e. The molecule has 34 heavy (non-hydrogen) atoms. The summed E-state index contributed by atoms with van der Waals surface area (Å²) in [5, 5.41) is 5.34. The van der Waals surface area contributed by atoms with Gasteiger partial charge in [0.1, 0.15) is 12.2 Å². The number of amides is 4. The number of aromatic nitrogens is 1. The smallest absolute Gasteiger partial charge is 0.325 e. The Hall–Kier alpha value is -4.13. The molecular weight excluding hydrogens is 428 g/mol. The van der Waals surface area contributed by atoms with Gasteiger partial charge in [-0.3, -0.25) is 9.59 Å². The molecule has 0 spiro atoms. The molecule has 1 aliphatic rings. The number of imide groups is 1. The van der Waals surface area contributed by atoms with Crippen LogP contribution in [0.4, 0.5) is 10.5 Å². The molecule has 1 fully saturated rings. The number of carbonyl (C=O) groups excluding carboxylic acids is 3. The molecule has 0 unspecified atom stereocenters. The highest BCUT2D eigenvalue weighted by Crippen LogP contribution is 2.26. The maximum atomic E-state index is 12.9. The normalized spacial score (nSPS) is 14.6. The summed E-state index contributed by atoms with van der Waals surface area (Å²) in [5.41, 5.74) is 6.90. The van der Waals surface area contributed by atoms with Crippen LogP contribution >= 0.6 is 0 Å². The van der Waals surface area contributed by atoms with Gasteiger partial charge in [0.05, 0.1) is 0 Å². The standard InChI is InChI=1S/C27H28N4O3/c1-5-20-10-6-7-12-24(20)31-18(3)14-21(19(31)4)15-23-26(33)30(27(34)29-23)16-25(32)28-22-11-8-9-17(2)13-22/h6-15H,5,16H2,1-4H3,(H,28,32)(H,29,34)/b23-15-. The fourth-order valence-corrected chi connectivity index (χ4v) is 4.27. The molecule has 0 bridgehead atoms. The van der Waals surface area contributed by atoms with Gasteiger partial charge in [-0.2, -0.15) is 0 Å². The van der Waals surface area contributed by atoms with Crippen molar-refractivity contribution < 1.29 is 14.4 Å². The fraction of sp³-hybridized carbons (Fsp3) is 0.222. The van der Waals surface area contributed by atoms with Crippen molar-refractivity contribution in [2.24, 2.45) is 0 Å². The molecule has 1 aliphatic heterocycles. The molecule has 1 aromatic heterocycles. The van der Waals surface area contributed by atoms with E-state index in [1.165, 1.54) is 5.56 Å². The summed E-state index contributed by atoms with van der Waals surface area (Å²) in [6.45, 7) is 7.67. The molecular formula is C27H28N4O3. The highest BCUT2D eigenvalue weighted by atomic mass is 16.2. The molecule has 4 rings (SSSR count). The number of carbonyl (C=O) groups is 3. The summed E-state index contributed by atoms with van der Waals surface area (Å²) < 4.78 is 2.15. The summed E-state index contributed by atoms with van der Waals surface area (Å²) in [6.07, 6.45) is 2.57. The van der Waals surface area contributed by atoms with E-state index < -0.39 is 17.8 Å². The summed E-state index contributed by atoms with van der Waals surface area (Å²) in [5.74, 6) is -0.965. The fourth-order valence-electron chi connectivity index (χ4n) is 4.27. The molecule has 0 atom stereocenters. The van der Waals surface area contributed by atoms with E-state index in [2.05, 4.69) is 34.3 Å². The second-order valence-corrected chi connectivity index (χ2v) is 8.44. The predicted octanol–water partition coefficient (Wildman–Crippen LogP) is 4.50. The maximum Gasteiger partial charge on any atom is 0.329 e. The third-order valence-electron chi connectivity index (χ3n) is 5.95. The zero-order valence-electron chi connectivity index (χ0n) is 19.8. The lowest BCUT2D eigenvalue weighted by Crippen LogP contribution is -2.38. The van der Waals surface area contributed by atoms with Gasteiger partial charge in [-0.15, -0.1) is 0 Å². The van der Waals surface area contributed by atoms with E-state index in [9.17, 15) is 14.4 Å². The molecule has 2 heterocycles. The minimum absolute atomic E-state index is 0.150. The first kappa shape index (κ1) is 23.0. The van der Waals surface area contributed by atoms with Gasteiger partial charge >= 0.3 is 6.03 Å². The number of hydrogen-bond acceptors (Lipinski definition) is 3. The van der Waals surface area contributed by atoms with E-state index in [4.69, 9.17) is 0 Å². The van der Waals surface area contributed by atoms with Crippen molar-refractivity contribution in [3.63, 3.8) is 0 Å². The Morgan fingerprint density at radius 2 is 1.79 bits per heavy atom. The summed E-state index contributed by atoms with van der Waals surface area (Å²) in [4.78, 5) is 38.7. The third-order valence-corrected chi connectivity index (χ3v) is 5.95. The van der Waals surface area contributed by atoms with Crippen molar-refractivity contribution in [3.8, 4) is 5.69 Å². The largest absolute Gasteiger partial charge is 0.329 e. The van der Waals surface area contributed by atoms with E-state index in [0.717, 1.165) is 39.5 Å². The lowest BCUT2D eigenvalue weighted by atomic mass is 10.1. The van der Waals surface area contributed by atoms with Crippen molar-refractivity contribution in [3.05, 3.63) is 88.4 Å². The topological polar surface area (TPSA) is 83.4 Å². The Morgan fingerprint density at radius 1 is 1.03 bits per heavy atom. The number of hydrogen-bond donors (Lipinski definition) is 2. The van der Waals surface area contributed by atoms with E-state index >= 15 is 0 Å². The first-order valence-corrected chi connectivity index (χ1v) is 11.3. The minimum atomic E-state index is -0.610. The molecule has 0 saturated carbocycles. The Bertz CT molecular complexity index is 1320. The van der Waals surface area contributed by atoms with Gasteiger partial charge in [-0.1, -0.05) is 37.3 Å². The molecule has 2 N–H and O–H groups in total. The summed E-state index contributed by atoms with van der Waals surface area (Å²) in [7, 11) is 0. The average Bonchev–Trinajstić information content (AvgIpc) is 3.22. The number of urea groups is 1. The SMILES string of the molecule is CCc1ccccc1-n1c(C)cc(/C=C2\NC(=O)N(CC(=O)Nc3cccc(C)c3)C2=O)c1C. The van der Waals surface area contributed by atoms with Crippen LogP contribution in [0.2, 0.25) is 0 Å². The number of rotatable bonds is 6. The van der Waals surface area contributed by atoms with Crippen LogP contribution in [-0.4, -0.2) is 33.9 Å². The first-order chi connectivity index (χ1) is 16.3. The molecule has 2 aromatic carbocycles. The van der Waals surface area contributed by atoms with Gasteiger partial charge < -0.3 is 15.2 Å². The van der Waals surface area contributed by atoms with Crippen LogP contribution in [-0.2, 0) is 16.0 Å². The zero-order chi connectivity index (χ0) is 24.4. The second-order valence-electron chi connectivity index (χ2n) is 8.44. The number of aryl methyl sites for hydroxylation is 3. The first-order valence-electron chi connectivity index (χ1n) is 11.3. The van der Waals surface area contributed by atoms with Gasteiger partial charge in [-0.05, 0) is 74.2 Å². The van der Waals surface area contributed by atoms with Crippen molar-refractivity contribution in [2.75, 3.05) is 11.9 Å².